The summed E-state index contributed by atoms with van der Waals surface area (Å²) in [5.74, 6) is 0.148. The van der Waals surface area contributed by atoms with Crippen LogP contribution in [0, 0.1) is 5.41 Å². The zero-order chi connectivity index (χ0) is 22.3. The number of ketones is 1. The van der Waals surface area contributed by atoms with Crippen molar-refractivity contribution in [3.05, 3.63) is 82.9 Å². The first-order valence-electron chi connectivity index (χ1n) is 11.3. The van der Waals surface area contributed by atoms with E-state index in [0.717, 1.165) is 41.8 Å². The average Bonchev–Trinajstić information content (AvgIpc) is 3.39. The van der Waals surface area contributed by atoms with E-state index in [-0.39, 0.29) is 23.1 Å². The van der Waals surface area contributed by atoms with Gasteiger partial charge in [0.05, 0.1) is 29.5 Å². The van der Waals surface area contributed by atoms with Gasteiger partial charge >= 0.3 is 0 Å². The normalized spacial score (nSPS) is 19.8. The molecule has 3 aromatic rings. The molecule has 0 bridgehead atoms. The van der Waals surface area contributed by atoms with Crippen LogP contribution in [0.15, 0.2) is 54.9 Å². The van der Waals surface area contributed by atoms with Crippen LogP contribution in [0.4, 0.5) is 0 Å². The minimum absolute atomic E-state index is 0.00671. The second-order valence-electron chi connectivity index (χ2n) is 9.69. The highest BCUT2D eigenvalue weighted by Gasteiger charge is 2.41. The van der Waals surface area contributed by atoms with Gasteiger partial charge in [-0.3, -0.25) is 19.3 Å². The lowest BCUT2D eigenvalue weighted by atomic mass is 9.75. The molecule has 0 spiro atoms. The number of carbonyl (C=O) groups excluding carboxylic acids is 2. The van der Waals surface area contributed by atoms with E-state index < -0.39 is 0 Å². The number of likely N-dealkylation sites (tertiary alicyclic amines) is 1. The monoisotopic (exact) mass is 428 g/mol. The number of hydrogen-bond acceptors (Lipinski definition) is 4. The second-order valence-corrected chi connectivity index (χ2v) is 9.69. The third-order valence-electron chi connectivity index (χ3n) is 6.55. The van der Waals surface area contributed by atoms with Crippen LogP contribution in [-0.4, -0.2) is 37.9 Å². The van der Waals surface area contributed by atoms with E-state index in [9.17, 15) is 9.59 Å². The van der Waals surface area contributed by atoms with Crippen molar-refractivity contribution in [1.82, 2.24) is 19.7 Å². The largest absolute Gasteiger partial charge is 0.330 e. The maximum Gasteiger partial charge on any atom is 0.254 e. The Labute approximate surface area is 188 Å². The summed E-state index contributed by atoms with van der Waals surface area (Å²) in [6, 6.07) is 13.1. The molecule has 0 unspecified atom stereocenters. The number of hydrogen-bond donors (Lipinski definition) is 0. The fourth-order valence-corrected chi connectivity index (χ4v) is 5.11. The van der Waals surface area contributed by atoms with Gasteiger partial charge < -0.3 is 4.90 Å². The highest BCUT2D eigenvalue weighted by atomic mass is 16.2. The fraction of sp³-hybridized carbons (Fsp3) is 0.385. The van der Waals surface area contributed by atoms with Crippen molar-refractivity contribution in [3.8, 4) is 0 Å². The third kappa shape index (κ3) is 3.74. The number of rotatable bonds is 4. The summed E-state index contributed by atoms with van der Waals surface area (Å²) in [7, 11) is 0. The Morgan fingerprint density at radius 2 is 1.94 bits per heavy atom. The second kappa shape index (κ2) is 8.01. The van der Waals surface area contributed by atoms with Crippen molar-refractivity contribution in [2.45, 2.75) is 52.1 Å². The van der Waals surface area contributed by atoms with Crippen molar-refractivity contribution in [3.63, 3.8) is 0 Å². The fourth-order valence-electron chi connectivity index (χ4n) is 5.11. The molecule has 32 heavy (non-hydrogen) atoms. The minimum atomic E-state index is -0.170. The van der Waals surface area contributed by atoms with Crippen molar-refractivity contribution < 1.29 is 9.59 Å². The molecule has 6 nitrogen and oxygen atoms in total. The summed E-state index contributed by atoms with van der Waals surface area (Å²) in [5.41, 5.74) is 4.11. The van der Waals surface area contributed by atoms with E-state index in [0.29, 0.717) is 25.1 Å². The van der Waals surface area contributed by atoms with Gasteiger partial charge in [-0.1, -0.05) is 38.1 Å². The quantitative estimate of drug-likeness (QED) is 0.615. The van der Waals surface area contributed by atoms with E-state index in [1.165, 1.54) is 0 Å². The summed E-state index contributed by atoms with van der Waals surface area (Å²) in [4.78, 5) is 32.7. The highest BCUT2D eigenvalue weighted by Crippen LogP contribution is 2.41. The molecular weight excluding hydrogens is 400 g/mol. The van der Waals surface area contributed by atoms with Crippen molar-refractivity contribution in [2.24, 2.45) is 5.41 Å². The van der Waals surface area contributed by atoms with Crippen LogP contribution < -0.4 is 0 Å². The molecule has 164 valence electrons. The zero-order valence-corrected chi connectivity index (χ0v) is 18.6. The molecule has 2 aliphatic rings. The number of amides is 1. The van der Waals surface area contributed by atoms with Crippen LogP contribution in [-0.2, 0) is 13.0 Å². The Morgan fingerprint density at radius 1 is 1.12 bits per heavy atom. The molecule has 1 saturated heterocycles. The van der Waals surface area contributed by atoms with E-state index in [1.807, 2.05) is 58.2 Å². The van der Waals surface area contributed by atoms with Crippen molar-refractivity contribution >= 4 is 11.7 Å². The summed E-state index contributed by atoms with van der Waals surface area (Å²) >= 11 is 0. The Balaban J connectivity index is 1.56. The van der Waals surface area contributed by atoms with Gasteiger partial charge in [0.15, 0.2) is 5.78 Å². The predicted octanol–water partition coefficient (Wildman–Crippen LogP) is 4.46. The lowest BCUT2D eigenvalue weighted by molar-refractivity contribution is 0.0728. The van der Waals surface area contributed by atoms with E-state index in [1.54, 1.807) is 6.20 Å². The first kappa shape index (κ1) is 20.6. The minimum Gasteiger partial charge on any atom is -0.330 e. The van der Waals surface area contributed by atoms with Crippen molar-refractivity contribution in [1.29, 1.82) is 0 Å². The maximum absolute atomic E-state index is 13.3. The molecule has 0 radical (unpaired) electrons. The van der Waals surface area contributed by atoms with Crippen LogP contribution in [0.3, 0.4) is 0 Å². The number of Topliss-reactive ketones (excluding diaryl/α,β-unsaturated/α-hetero) is 1. The molecule has 6 heteroatoms. The van der Waals surface area contributed by atoms with E-state index >= 15 is 0 Å². The predicted molar refractivity (Wildman–Crippen MR) is 121 cm³/mol. The Bertz CT molecular complexity index is 1150. The highest BCUT2D eigenvalue weighted by molar-refractivity contribution is 6.00. The summed E-state index contributed by atoms with van der Waals surface area (Å²) in [6.07, 6.45) is 6.63. The summed E-state index contributed by atoms with van der Waals surface area (Å²) < 4.78 is 1.98. The SMILES string of the molecule is CC1(C)CC(=O)c2c([C@@H]3CCCN3C(=O)c3ccccc3)nn(Cc3cccnc3)c2C1. The van der Waals surface area contributed by atoms with E-state index in [2.05, 4.69) is 18.8 Å². The van der Waals surface area contributed by atoms with Crippen LogP contribution >= 0.6 is 0 Å². The topological polar surface area (TPSA) is 68.1 Å². The van der Waals surface area contributed by atoms with Gasteiger partial charge in [-0.25, -0.2) is 0 Å². The molecule has 5 rings (SSSR count). The number of nitrogens with zero attached hydrogens (tertiary/aromatic N) is 4. The molecule has 0 saturated carbocycles. The molecule has 1 atom stereocenters. The Morgan fingerprint density at radius 3 is 2.69 bits per heavy atom. The van der Waals surface area contributed by atoms with Gasteiger partial charge in [-0.05, 0) is 48.4 Å². The smallest absolute Gasteiger partial charge is 0.254 e. The first-order valence-corrected chi connectivity index (χ1v) is 11.3. The van der Waals surface area contributed by atoms with Crippen LogP contribution in [0.2, 0.25) is 0 Å². The molecule has 1 aromatic carbocycles. The standard InChI is InChI=1S/C26H28N4O2/c1-26(2)14-21-23(22(31)15-26)24(28-30(21)17-18-8-6-12-27-16-18)20-11-7-13-29(20)25(32)19-9-4-3-5-10-19/h3-6,8-10,12,16,20H,7,11,13-15,17H2,1-2H3/t20-/m0/s1. The molecule has 0 N–H and O–H groups in total. The molecule has 1 amide bonds. The maximum atomic E-state index is 13.3. The number of carbonyl (C=O) groups is 2. The third-order valence-corrected chi connectivity index (χ3v) is 6.55. The van der Waals surface area contributed by atoms with Gasteiger partial charge in [-0.2, -0.15) is 5.10 Å². The van der Waals surface area contributed by atoms with E-state index in [4.69, 9.17) is 5.10 Å². The molecule has 1 aliphatic carbocycles. The lowest BCUT2D eigenvalue weighted by Crippen LogP contribution is -2.32. The first-order chi connectivity index (χ1) is 15.4. The summed E-state index contributed by atoms with van der Waals surface area (Å²) in [6.45, 7) is 5.52. The number of pyridine rings is 1. The molecule has 3 heterocycles. The van der Waals surface area contributed by atoms with Gasteiger partial charge in [0.25, 0.3) is 5.91 Å². The van der Waals surface area contributed by atoms with Crippen LogP contribution in [0.25, 0.3) is 0 Å². The lowest BCUT2D eigenvalue weighted by Gasteiger charge is -2.30. The van der Waals surface area contributed by atoms with Gasteiger partial charge in [0, 0.05) is 30.9 Å². The van der Waals surface area contributed by atoms with Crippen LogP contribution in [0.5, 0.6) is 0 Å². The molecule has 1 aliphatic heterocycles. The van der Waals surface area contributed by atoms with Crippen molar-refractivity contribution in [2.75, 3.05) is 6.54 Å². The molecule has 2 aromatic heterocycles. The van der Waals surface area contributed by atoms with Gasteiger partial charge in [-0.15, -0.1) is 0 Å². The summed E-state index contributed by atoms with van der Waals surface area (Å²) in [5, 5.41) is 4.99. The number of fused-ring (bicyclic) bond motifs is 1. The van der Waals surface area contributed by atoms with Gasteiger partial charge in [0.2, 0.25) is 0 Å². The van der Waals surface area contributed by atoms with Crippen LogP contribution in [0.1, 0.15) is 76.8 Å². The van der Waals surface area contributed by atoms with Gasteiger partial charge in [0.1, 0.15) is 0 Å². The number of aromatic nitrogens is 3. The molecule has 1 fully saturated rings. The Kier molecular flexibility index (Phi) is 5.16. The Hall–Kier alpha value is -3.28. The average molecular weight is 429 g/mol. The number of benzene rings is 1. The molecular formula is C26H28N4O2. The zero-order valence-electron chi connectivity index (χ0n) is 18.6.